The molecule has 0 N–H and O–H groups in total. The fourth-order valence-corrected chi connectivity index (χ4v) is 9.21. The molecule has 0 radical (unpaired) electrons. The maximum absolute atomic E-state index is 12.9. The fourth-order valence-electron chi connectivity index (χ4n) is 9.21. The molecule has 0 aromatic carbocycles. The van der Waals surface area contributed by atoms with Crippen LogP contribution in [0.15, 0.2) is 134 Å². The molecule has 0 rings (SSSR count). The lowest BCUT2D eigenvalue weighted by Crippen LogP contribution is -2.30. The molecule has 6 heteroatoms. The summed E-state index contributed by atoms with van der Waals surface area (Å²) in [7, 11) is 0. The van der Waals surface area contributed by atoms with Crippen LogP contribution in [-0.4, -0.2) is 37.2 Å². The molecular weight excluding hydrogens is 997 g/mol. The summed E-state index contributed by atoms with van der Waals surface area (Å²) >= 11 is 0. The van der Waals surface area contributed by atoms with Gasteiger partial charge in [0.05, 0.1) is 0 Å². The minimum atomic E-state index is -0.847. The molecular formula is C75H124O6. The van der Waals surface area contributed by atoms with E-state index in [1.807, 2.05) is 12.2 Å². The van der Waals surface area contributed by atoms with Crippen LogP contribution in [0.2, 0.25) is 0 Å². The molecule has 0 saturated carbocycles. The number of carbonyl (C=O) groups excluding carboxylic acids is 3. The summed E-state index contributed by atoms with van der Waals surface area (Å²) in [5.74, 6) is -1.07. The Hall–Kier alpha value is -4.45. The molecule has 1 unspecified atom stereocenters. The first kappa shape index (κ1) is 76.5. The number of allylic oxidation sites excluding steroid dienone is 22. The van der Waals surface area contributed by atoms with Gasteiger partial charge in [0.2, 0.25) is 0 Å². The molecule has 0 saturated heterocycles. The molecule has 0 fully saturated rings. The molecule has 0 aliphatic carbocycles. The van der Waals surface area contributed by atoms with Crippen molar-refractivity contribution in [3.8, 4) is 0 Å². The van der Waals surface area contributed by atoms with Crippen molar-refractivity contribution in [3.05, 3.63) is 134 Å². The number of unbranched alkanes of at least 4 members (excludes halogenated alkanes) is 27. The normalized spacial score (nSPS) is 13.0. The summed E-state index contributed by atoms with van der Waals surface area (Å²) in [6, 6.07) is 0. The molecule has 0 spiro atoms. The van der Waals surface area contributed by atoms with E-state index < -0.39 is 12.1 Å². The zero-order chi connectivity index (χ0) is 58.5. The summed E-state index contributed by atoms with van der Waals surface area (Å²) in [4.78, 5) is 38.3. The summed E-state index contributed by atoms with van der Waals surface area (Å²) in [5, 5.41) is 0. The van der Waals surface area contributed by atoms with Gasteiger partial charge in [0.15, 0.2) is 6.10 Å². The van der Waals surface area contributed by atoms with Crippen LogP contribution in [0.25, 0.3) is 0 Å². The maximum atomic E-state index is 12.9. The Labute approximate surface area is 500 Å². The van der Waals surface area contributed by atoms with Gasteiger partial charge in [-0.25, -0.2) is 0 Å². The molecule has 0 aromatic heterocycles. The summed E-state index contributed by atoms with van der Waals surface area (Å²) < 4.78 is 16.8. The van der Waals surface area contributed by atoms with Gasteiger partial charge in [-0.3, -0.25) is 14.4 Å². The van der Waals surface area contributed by atoms with Crippen molar-refractivity contribution in [1.29, 1.82) is 0 Å². The Morgan fingerprint density at radius 3 is 0.802 bits per heavy atom. The van der Waals surface area contributed by atoms with E-state index >= 15 is 0 Å². The molecule has 0 amide bonds. The third kappa shape index (κ3) is 66.2. The number of esters is 3. The van der Waals surface area contributed by atoms with E-state index in [4.69, 9.17) is 14.2 Å². The molecule has 1 atom stereocenters. The lowest BCUT2D eigenvalue weighted by Gasteiger charge is -2.18. The van der Waals surface area contributed by atoms with Crippen LogP contribution >= 0.6 is 0 Å². The minimum absolute atomic E-state index is 0.128. The molecule has 460 valence electrons. The SMILES string of the molecule is CC/C=C\C/C=C\C/C=C\C/C=C\C/C=C\C/C=C\CCC(=O)OC(COC(=O)CCC/C=C\C/C=C\C/C=C\C/C=C\C/C=C\CC)COC(=O)CCCCCCCCCCCCCCCCCCCCCCCCCCCCC. The van der Waals surface area contributed by atoms with Gasteiger partial charge in [-0.15, -0.1) is 0 Å². The highest BCUT2D eigenvalue weighted by Crippen LogP contribution is 2.17. The van der Waals surface area contributed by atoms with Crippen LogP contribution in [0, 0.1) is 0 Å². The van der Waals surface area contributed by atoms with Gasteiger partial charge in [0.1, 0.15) is 13.2 Å². The molecule has 81 heavy (non-hydrogen) atoms. The molecule has 0 heterocycles. The topological polar surface area (TPSA) is 78.9 Å². The largest absolute Gasteiger partial charge is 0.462 e. The first-order valence-corrected chi connectivity index (χ1v) is 33.7. The van der Waals surface area contributed by atoms with Gasteiger partial charge in [-0.05, 0) is 96.3 Å². The Morgan fingerprint density at radius 1 is 0.259 bits per heavy atom. The maximum Gasteiger partial charge on any atom is 0.306 e. The van der Waals surface area contributed by atoms with E-state index in [2.05, 4.69) is 142 Å². The Morgan fingerprint density at radius 2 is 0.506 bits per heavy atom. The Balaban J connectivity index is 4.44. The van der Waals surface area contributed by atoms with E-state index in [0.717, 1.165) is 96.3 Å². The number of hydrogen-bond donors (Lipinski definition) is 0. The molecule has 0 aliphatic rings. The predicted octanol–water partition coefficient (Wildman–Crippen LogP) is 23.3. The van der Waals surface area contributed by atoms with Crippen LogP contribution in [0.3, 0.4) is 0 Å². The zero-order valence-electron chi connectivity index (χ0n) is 52.8. The number of rotatable bonds is 60. The van der Waals surface area contributed by atoms with Crippen molar-refractivity contribution in [2.75, 3.05) is 13.2 Å². The first-order chi connectivity index (χ1) is 40.0. The minimum Gasteiger partial charge on any atom is -0.462 e. The molecule has 0 aromatic rings. The second-order valence-electron chi connectivity index (χ2n) is 22.0. The van der Waals surface area contributed by atoms with Crippen LogP contribution in [0.5, 0.6) is 0 Å². The van der Waals surface area contributed by atoms with E-state index in [0.29, 0.717) is 19.3 Å². The average Bonchev–Trinajstić information content (AvgIpc) is 3.47. The van der Waals surface area contributed by atoms with Gasteiger partial charge in [0, 0.05) is 19.3 Å². The van der Waals surface area contributed by atoms with Crippen LogP contribution < -0.4 is 0 Å². The summed E-state index contributed by atoms with van der Waals surface area (Å²) in [6.45, 7) is 6.33. The number of carbonyl (C=O) groups is 3. The van der Waals surface area contributed by atoms with Crippen LogP contribution in [0.4, 0.5) is 0 Å². The van der Waals surface area contributed by atoms with Crippen LogP contribution in [0.1, 0.15) is 303 Å². The lowest BCUT2D eigenvalue weighted by molar-refractivity contribution is -0.166. The summed E-state index contributed by atoms with van der Waals surface area (Å²) in [5.41, 5.74) is 0. The molecule has 0 bridgehead atoms. The zero-order valence-corrected chi connectivity index (χ0v) is 52.8. The van der Waals surface area contributed by atoms with E-state index in [9.17, 15) is 14.4 Å². The second-order valence-corrected chi connectivity index (χ2v) is 22.0. The standard InChI is InChI=1S/C75H124O6/c1-4-7-10-13-16-19-22-25-28-31-33-34-35-36-37-38-39-40-42-44-47-50-53-56-59-62-65-68-74(77)80-71-72(70-79-73(76)67-64-61-58-55-52-49-46-43-30-27-24-21-18-15-12-9-6-3)81-75(78)69-66-63-60-57-54-51-48-45-41-32-29-26-23-20-17-14-11-8-5-2/h8-9,11-12,17-18,20-21,26-27,29-30,41,45-46,49,51,54-55,58,60,63,72H,4-7,10,13-16,19,22-25,28,31-40,42-44,47-48,50,52-53,56-57,59,61-62,64-71H2,1-3H3/b11-8-,12-9-,20-17-,21-18-,29-26-,30-27-,45-41-,49-46-,54-51-,58-55-,63-60-. The van der Waals surface area contributed by atoms with Gasteiger partial charge in [-0.2, -0.15) is 0 Å². The van der Waals surface area contributed by atoms with Crippen molar-refractivity contribution >= 4 is 17.9 Å². The van der Waals surface area contributed by atoms with Crippen molar-refractivity contribution in [3.63, 3.8) is 0 Å². The molecule has 6 nitrogen and oxygen atoms in total. The quantitative estimate of drug-likeness (QED) is 0.0261. The van der Waals surface area contributed by atoms with Gasteiger partial charge in [-0.1, -0.05) is 321 Å². The summed E-state index contributed by atoms with van der Waals surface area (Å²) in [6.07, 6.45) is 96.4. The van der Waals surface area contributed by atoms with Gasteiger partial charge >= 0.3 is 17.9 Å². The Kier molecular flexibility index (Phi) is 64.3. The van der Waals surface area contributed by atoms with Gasteiger partial charge in [0.25, 0.3) is 0 Å². The highest BCUT2D eigenvalue weighted by atomic mass is 16.6. The fraction of sp³-hybridized carbons (Fsp3) is 0.667. The van der Waals surface area contributed by atoms with Crippen LogP contribution in [-0.2, 0) is 28.6 Å². The van der Waals surface area contributed by atoms with Crippen molar-refractivity contribution in [1.82, 2.24) is 0 Å². The first-order valence-electron chi connectivity index (χ1n) is 33.7. The number of hydrogen-bond acceptors (Lipinski definition) is 6. The van der Waals surface area contributed by atoms with E-state index in [1.54, 1.807) is 0 Å². The van der Waals surface area contributed by atoms with Gasteiger partial charge < -0.3 is 14.2 Å². The van der Waals surface area contributed by atoms with Crippen molar-refractivity contribution < 1.29 is 28.6 Å². The highest BCUT2D eigenvalue weighted by Gasteiger charge is 2.19. The second kappa shape index (κ2) is 68.1. The van der Waals surface area contributed by atoms with E-state index in [1.165, 1.54) is 154 Å². The Bertz CT molecular complexity index is 1720. The monoisotopic (exact) mass is 1120 g/mol. The highest BCUT2D eigenvalue weighted by molar-refractivity contribution is 5.71. The van der Waals surface area contributed by atoms with E-state index in [-0.39, 0.29) is 38.0 Å². The smallest absolute Gasteiger partial charge is 0.306 e. The van der Waals surface area contributed by atoms with Crippen molar-refractivity contribution in [2.45, 2.75) is 309 Å². The third-order valence-electron chi connectivity index (χ3n) is 14.2. The average molecular weight is 1120 g/mol. The molecule has 0 aliphatic heterocycles. The third-order valence-corrected chi connectivity index (χ3v) is 14.2. The lowest BCUT2D eigenvalue weighted by atomic mass is 10.0. The predicted molar refractivity (Wildman–Crippen MR) is 353 cm³/mol. The number of ether oxygens (including phenoxy) is 3. The van der Waals surface area contributed by atoms with Crippen molar-refractivity contribution in [2.24, 2.45) is 0 Å².